The van der Waals surface area contributed by atoms with E-state index in [0.29, 0.717) is 16.1 Å². The third-order valence-electron chi connectivity index (χ3n) is 1.70. The van der Waals surface area contributed by atoms with Crippen molar-refractivity contribution < 1.29 is 4.79 Å². The van der Waals surface area contributed by atoms with Crippen LogP contribution in [0.2, 0.25) is 5.02 Å². The number of nitrogens with one attached hydrogen (secondary N) is 1. The number of carbonyl (C=O) groups excluding carboxylic acids is 1. The number of aromatic nitrogens is 2. The van der Waals surface area contributed by atoms with Gasteiger partial charge in [0.2, 0.25) is 0 Å². The highest BCUT2D eigenvalue weighted by atomic mass is 35.5. The highest BCUT2D eigenvalue weighted by Crippen LogP contribution is 2.20. The minimum atomic E-state index is -0.590. The molecule has 2 aromatic rings. The van der Waals surface area contributed by atoms with E-state index in [-0.39, 0.29) is 5.82 Å². The van der Waals surface area contributed by atoms with E-state index in [4.69, 9.17) is 17.3 Å². The fraction of sp³-hybridized carbons (Fsp3) is 0. The lowest BCUT2D eigenvalue weighted by molar-refractivity contribution is 0.0991. The van der Waals surface area contributed by atoms with Gasteiger partial charge in [0.1, 0.15) is 0 Å². The summed E-state index contributed by atoms with van der Waals surface area (Å²) in [6.45, 7) is 0. The Morgan fingerprint density at radius 3 is 2.92 bits per heavy atom. The molecule has 0 aliphatic carbocycles. The second kappa shape index (κ2) is 2.74. The Labute approximate surface area is 78.7 Å². The van der Waals surface area contributed by atoms with Crippen LogP contribution in [-0.4, -0.2) is 15.9 Å². The van der Waals surface area contributed by atoms with E-state index >= 15 is 0 Å². The molecule has 13 heavy (non-hydrogen) atoms. The van der Waals surface area contributed by atoms with Crippen molar-refractivity contribution in [1.29, 1.82) is 0 Å². The molecule has 0 fully saturated rings. The van der Waals surface area contributed by atoms with Gasteiger partial charge in [-0.05, 0) is 12.1 Å². The first-order valence-corrected chi connectivity index (χ1v) is 4.00. The van der Waals surface area contributed by atoms with Crippen LogP contribution in [-0.2, 0) is 0 Å². The van der Waals surface area contributed by atoms with Gasteiger partial charge >= 0.3 is 0 Å². The minimum absolute atomic E-state index is 0.128. The summed E-state index contributed by atoms with van der Waals surface area (Å²) >= 11 is 5.85. The van der Waals surface area contributed by atoms with Crippen molar-refractivity contribution in [1.82, 2.24) is 9.97 Å². The average Bonchev–Trinajstić information content (AvgIpc) is 2.49. The molecule has 3 N–H and O–H groups in total. The van der Waals surface area contributed by atoms with Crippen molar-refractivity contribution in [3.8, 4) is 0 Å². The van der Waals surface area contributed by atoms with E-state index in [1.807, 2.05) is 0 Å². The standard InChI is InChI=1S/C8H6ClN3O/c9-4-2-1-3-5-6(4)12-8(11-5)7(10)13/h1-3H,(H2,10,13)(H,11,12). The predicted octanol–water partition coefficient (Wildman–Crippen LogP) is 1.32. The predicted molar refractivity (Wildman–Crippen MR) is 49.6 cm³/mol. The number of halogens is 1. The number of fused-ring (bicyclic) bond motifs is 1. The van der Waals surface area contributed by atoms with Gasteiger partial charge in [-0.3, -0.25) is 4.79 Å². The highest BCUT2D eigenvalue weighted by Gasteiger charge is 2.08. The summed E-state index contributed by atoms with van der Waals surface area (Å²) in [6.07, 6.45) is 0. The summed E-state index contributed by atoms with van der Waals surface area (Å²) < 4.78 is 0. The fourth-order valence-electron chi connectivity index (χ4n) is 1.11. The van der Waals surface area contributed by atoms with E-state index in [0.717, 1.165) is 0 Å². The smallest absolute Gasteiger partial charge is 0.284 e. The number of rotatable bonds is 1. The number of amides is 1. The van der Waals surface area contributed by atoms with Crippen LogP contribution in [0.4, 0.5) is 0 Å². The monoisotopic (exact) mass is 195 g/mol. The van der Waals surface area contributed by atoms with Gasteiger partial charge < -0.3 is 10.7 Å². The molecule has 1 aromatic heterocycles. The molecule has 1 amide bonds. The number of nitrogens with zero attached hydrogens (tertiary/aromatic N) is 1. The third kappa shape index (κ3) is 1.25. The molecular formula is C8H6ClN3O. The topological polar surface area (TPSA) is 71.8 Å². The van der Waals surface area contributed by atoms with Crippen molar-refractivity contribution in [2.24, 2.45) is 5.73 Å². The molecule has 1 aromatic carbocycles. The molecule has 0 aliphatic heterocycles. The van der Waals surface area contributed by atoms with Crippen LogP contribution in [0.25, 0.3) is 11.0 Å². The maximum Gasteiger partial charge on any atom is 0.284 e. The van der Waals surface area contributed by atoms with Crippen molar-refractivity contribution in [2.45, 2.75) is 0 Å². The maximum absolute atomic E-state index is 10.8. The van der Waals surface area contributed by atoms with E-state index in [9.17, 15) is 4.79 Å². The number of primary amides is 1. The average molecular weight is 196 g/mol. The molecule has 0 spiro atoms. The second-order valence-electron chi connectivity index (χ2n) is 2.58. The number of H-pyrrole nitrogens is 1. The van der Waals surface area contributed by atoms with Crippen LogP contribution in [0.3, 0.4) is 0 Å². The maximum atomic E-state index is 10.8. The van der Waals surface area contributed by atoms with Gasteiger partial charge in [-0.1, -0.05) is 17.7 Å². The van der Waals surface area contributed by atoms with Gasteiger partial charge in [0.05, 0.1) is 16.1 Å². The Morgan fingerprint density at radius 1 is 1.54 bits per heavy atom. The largest absolute Gasteiger partial charge is 0.363 e. The van der Waals surface area contributed by atoms with Crippen LogP contribution in [0.1, 0.15) is 10.6 Å². The Kier molecular flexibility index (Phi) is 1.70. The Hall–Kier alpha value is -1.55. The lowest BCUT2D eigenvalue weighted by Crippen LogP contribution is -2.12. The van der Waals surface area contributed by atoms with Crippen molar-refractivity contribution in [2.75, 3.05) is 0 Å². The molecular weight excluding hydrogens is 190 g/mol. The fourth-order valence-corrected chi connectivity index (χ4v) is 1.33. The molecule has 1 heterocycles. The molecule has 4 nitrogen and oxygen atoms in total. The van der Waals surface area contributed by atoms with Gasteiger partial charge in [0.25, 0.3) is 5.91 Å². The molecule has 66 valence electrons. The first kappa shape index (κ1) is 8.07. The van der Waals surface area contributed by atoms with Crippen molar-refractivity contribution in [3.63, 3.8) is 0 Å². The van der Waals surface area contributed by atoms with Crippen LogP contribution in [0.15, 0.2) is 18.2 Å². The van der Waals surface area contributed by atoms with Gasteiger partial charge in [-0.15, -0.1) is 0 Å². The quantitative estimate of drug-likeness (QED) is 0.720. The van der Waals surface area contributed by atoms with E-state index in [2.05, 4.69) is 9.97 Å². The summed E-state index contributed by atoms with van der Waals surface area (Å²) in [6, 6.07) is 5.23. The SMILES string of the molecule is NC(=O)c1nc2cccc(Cl)c2[nH]1. The molecule has 0 saturated heterocycles. The second-order valence-corrected chi connectivity index (χ2v) is 2.99. The first-order valence-electron chi connectivity index (χ1n) is 3.62. The zero-order valence-corrected chi connectivity index (χ0v) is 7.30. The Bertz CT molecular complexity index is 477. The lowest BCUT2D eigenvalue weighted by atomic mass is 10.3. The zero-order chi connectivity index (χ0) is 9.42. The van der Waals surface area contributed by atoms with E-state index in [1.54, 1.807) is 18.2 Å². The van der Waals surface area contributed by atoms with Crippen molar-refractivity contribution in [3.05, 3.63) is 29.0 Å². The van der Waals surface area contributed by atoms with E-state index in [1.165, 1.54) is 0 Å². The van der Waals surface area contributed by atoms with Gasteiger partial charge in [-0.25, -0.2) is 4.98 Å². The number of aromatic amines is 1. The normalized spacial score (nSPS) is 10.5. The summed E-state index contributed by atoms with van der Waals surface area (Å²) in [5, 5.41) is 0.525. The number of imidazole rings is 1. The molecule has 2 rings (SSSR count). The minimum Gasteiger partial charge on any atom is -0.363 e. The molecule has 0 saturated carbocycles. The zero-order valence-electron chi connectivity index (χ0n) is 6.54. The number of hydrogen-bond acceptors (Lipinski definition) is 2. The molecule has 0 atom stereocenters. The van der Waals surface area contributed by atoms with Crippen LogP contribution in [0, 0.1) is 0 Å². The number of nitrogens with two attached hydrogens (primary N) is 1. The number of benzene rings is 1. The van der Waals surface area contributed by atoms with Crippen molar-refractivity contribution >= 4 is 28.5 Å². The number of para-hydroxylation sites is 1. The van der Waals surface area contributed by atoms with Gasteiger partial charge in [-0.2, -0.15) is 0 Å². The molecule has 0 aliphatic rings. The number of hydrogen-bond donors (Lipinski definition) is 2. The Balaban J connectivity index is 2.75. The summed E-state index contributed by atoms with van der Waals surface area (Å²) in [5.41, 5.74) is 6.33. The summed E-state index contributed by atoms with van der Waals surface area (Å²) in [7, 11) is 0. The van der Waals surface area contributed by atoms with Gasteiger partial charge in [0, 0.05) is 0 Å². The number of carbonyl (C=O) groups is 1. The summed E-state index contributed by atoms with van der Waals surface area (Å²) in [5.74, 6) is -0.463. The van der Waals surface area contributed by atoms with Gasteiger partial charge in [0.15, 0.2) is 5.82 Å². The summed E-state index contributed by atoms with van der Waals surface area (Å²) in [4.78, 5) is 17.5. The molecule has 0 unspecified atom stereocenters. The third-order valence-corrected chi connectivity index (χ3v) is 2.02. The Morgan fingerprint density at radius 2 is 2.31 bits per heavy atom. The van der Waals surface area contributed by atoms with Crippen LogP contribution < -0.4 is 5.73 Å². The highest BCUT2D eigenvalue weighted by molar-refractivity contribution is 6.35. The molecule has 0 radical (unpaired) electrons. The first-order chi connectivity index (χ1) is 6.18. The van der Waals surface area contributed by atoms with E-state index < -0.39 is 5.91 Å². The van der Waals surface area contributed by atoms with Crippen LogP contribution in [0.5, 0.6) is 0 Å². The van der Waals surface area contributed by atoms with Crippen LogP contribution >= 0.6 is 11.6 Å². The molecule has 0 bridgehead atoms. The lowest BCUT2D eigenvalue weighted by Gasteiger charge is -1.88. The molecule has 5 heteroatoms.